The third-order valence-electron chi connectivity index (χ3n) is 4.51. The van der Waals surface area contributed by atoms with Gasteiger partial charge in [-0.1, -0.05) is 0 Å². The lowest BCUT2D eigenvalue weighted by Gasteiger charge is -2.17. The van der Waals surface area contributed by atoms with Crippen molar-refractivity contribution in [3.05, 3.63) is 24.3 Å². The topological polar surface area (TPSA) is 103 Å². The summed E-state index contributed by atoms with van der Waals surface area (Å²) >= 11 is 0. The normalized spacial score (nSPS) is 12.3. The Hall–Kier alpha value is -3.27. The van der Waals surface area contributed by atoms with E-state index in [9.17, 15) is 26.3 Å². The van der Waals surface area contributed by atoms with Gasteiger partial charge in [0.1, 0.15) is 42.1 Å². The van der Waals surface area contributed by atoms with Crippen LogP contribution in [0.15, 0.2) is 18.6 Å². The zero-order chi connectivity index (χ0) is 25.6. The van der Waals surface area contributed by atoms with Crippen molar-refractivity contribution in [2.24, 2.45) is 0 Å². The highest BCUT2D eigenvalue weighted by Gasteiger charge is 2.29. The summed E-state index contributed by atoms with van der Waals surface area (Å²) < 4.78 is 85.8. The second kappa shape index (κ2) is 11.0. The van der Waals surface area contributed by atoms with Gasteiger partial charge in [0.2, 0.25) is 5.95 Å². The zero-order valence-electron chi connectivity index (χ0n) is 18.7. The molecule has 0 aromatic carbocycles. The summed E-state index contributed by atoms with van der Waals surface area (Å²) in [5, 5.41) is 7.22. The van der Waals surface area contributed by atoms with Gasteiger partial charge in [-0.05, 0) is 13.0 Å². The first-order valence-corrected chi connectivity index (χ1v) is 10.3. The number of hydrogen-bond acceptors (Lipinski definition) is 9. The maximum atomic E-state index is 12.6. The molecule has 0 fully saturated rings. The van der Waals surface area contributed by atoms with Gasteiger partial charge in [-0.15, -0.1) is 0 Å². The van der Waals surface area contributed by atoms with Gasteiger partial charge < -0.3 is 19.7 Å². The van der Waals surface area contributed by atoms with Crippen LogP contribution in [0, 0.1) is 0 Å². The molecule has 0 saturated carbocycles. The number of nitrogens with one attached hydrogen (secondary N) is 1. The van der Waals surface area contributed by atoms with Crippen LogP contribution in [0.4, 0.5) is 43.9 Å². The van der Waals surface area contributed by atoms with E-state index >= 15 is 0 Å². The van der Waals surface area contributed by atoms with Crippen molar-refractivity contribution in [2.45, 2.75) is 32.4 Å². The largest absolute Gasteiger partial charge is 0.411 e. The fraction of sp³-hybridized carbons (Fsp3) is 0.526. The van der Waals surface area contributed by atoms with Gasteiger partial charge in [-0.2, -0.15) is 36.4 Å². The smallest absolute Gasteiger partial charge is 0.370 e. The lowest BCUT2D eigenvalue weighted by Crippen LogP contribution is -2.20. The van der Waals surface area contributed by atoms with Crippen molar-refractivity contribution in [1.29, 1.82) is 0 Å². The molecule has 3 heterocycles. The molecule has 0 amide bonds. The number of anilines is 3. The van der Waals surface area contributed by atoms with Gasteiger partial charge in [0.05, 0.1) is 19.8 Å². The van der Waals surface area contributed by atoms with Crippen LogP contribution in [0.1, 0.15) is 12.6 Å². The monoisotopic (exact) mass is 508 g/mol. The summed E-state index contributed by atoms with van der Waals surface area (Å²) in [7, 11) is 1.71. The molecular weight excluding hydrogens is 486 g/mol. The Kier molecular flexibility index (Phi) is 8.26. The van der Waals surface area contributed by atoms with E-state index in [4.69, 9.17) is 4.74 Å². The van der Waals surface area contributed by atoms with E-state index in [0.717, 1.165) is 0 Å². The molecule has 16 heteroatoms. The Morgan fingerprint density at radius 1 is 1.06 bits per heavy atom. The molecule has 0 atom stereocenters. The Balaban J connectivity index is 2.02. The summed E-state index contributed by atoms with van der Waals surface area (Å²) in [5.74, 6) is 0.775. The summed E-state index contributed by atoms with van der Waals surface area (Å²) in [5.41, 5.74) is 0.460. The number of halogens is 6. The van der Waals surface area contributed by atoms with E-state index in [1.54, 1.807) is 18.0 Å². The van der Waals surface area contributed by atoms with Crippen LogP contribution in [-0.4, -0.2) is 75.5 Å². The maximum absolute atomic E-state index is 12.6. The van der Waals surface area contributed by atoms with E-state index in [1.807, 2.05) is 6.92 Å². The first kappa shape index (κ1) is 26.3. The third-order valence-corrected chi connectivity index (χ3v) is 4.51. The molecule has 10 nitrogen and oxygen atoms in total. The number of hydrogen-bond donors (Lipinski definition) is 1. The number of rotatable bonds is 11. The molecule has 0 aliphatic heterocycles. The maximum Gasteiger partial charge on any atom is 0.411 e. The standard InChI is InChI=1S/C19H22F6N8O2/c1-3-32(2)17-29-14-12(8-35-10-19(23,24)25)31-33(6-7-34-9-18(20,21)22)15(14)16(30-17)28-13-4-5-26-11-27-13/h4-5,11H,3,6-10H2,1-2H3,(H,26,27,28,29,30). The Bertz CT molecular complexity index is 1110. The molecule has 3 aromatic rings. The number of ether oxygens (including phenoxy) is 2. The van der Waals surface area contributed by atoms with Gasteiger partial charge in [0, 0.05) is 19.8 Å². The Morgan fingerprint density at radius 3 is 2.40 bits per heavy atom. The first-order valence-electron chi connectivity index (χ1n) is 10.3. The molecule has 0 aliphatic rings. The molecule has 35 heavy (non-hydrogen) atoms. The quantitative estimate of drug-likeness (QED) is 0.308. The molecule has 192 valence electrons. The predicted octanol–water partition coefficient (Wildman–Crippen LogP) is 3.47. The molecule has 0 spiro atoms. The molecule has 0 radical (unpaired) electrons. The average molecular weight is 508 g/mol. The van der Waals surface area contributed by atoms with Crippen LogP contribution in [0.5, 0.6) is 0 Å². The highest BCUT2D eigenvalue weighted by molar-refractivity contribution is 5.90. The third kappa shape index (κ3) is 7.61. The first-order chi connectivity index (χ1) is 16.5. The van der Waals surface area contributed by atoms with E-state index in [0.29, 0.717) is 12.4 Å². The van der Waals surface area contributed by atoms with Crippen LogP contribution in [0.25, 0.3) is 11.0 Å². The molecular formula is C19H22F6N8O2. The van der Waals surface area contributed by atoms with E-state index in [2.05, 4.69) is 35.1 Å². The Morgan fingerprint density at radius 2 is 1.77 bits per heavy atom. The highest BCUT2D eigenvalue weighted by atomic mass is 19.4. The minimum Gasteiger partial charge on any atom is -0.370 e. The van der Waals surface area contributed by atoms with Gasteiger partial charge in [0.15, 0.2) is 5.82 Å². The van der Waals surface area contributed by atoms with Crippen LogP contribution in [-0.2, 0) is 22.6 Å². The number of fused-ring (bicyclic) bond motifs is 1. The van der Waals surface area contributed by atoms with Crippen molar-refractivity contribution < 1.29 is 35.8 Å². The molecule has 0 saturated heterocycles. The van der Waals surface area contributed by atoms with Crippen molar-refractivity contribution in [3.8, 4) is 0 Å². The summed E-state index contributed by atoms with van der Waals surface area (Å²) in [4.78, 5) is 18.5. The molecule has 0 aliphatic carbocycles. The molecule has 1 N–H and O–H groups in total. The summed E-state index contributed by atoms with van der Waals surface area (Å²) in [6, 6.07) is 1.55. The molecule has 0 unspecified atom stereocenters. The second-order valence-corrected chi connectivity index (χ2v) is 7.25. The second-order valence-electron chi connectivity index (χ2n) is 7.25. The Labute approximate surface area is 195 Å². The fourth-order valence-corrected chi connectivity index (χ4v) is 2.88. The molecule has 0 bridgehead atoms. The number of nitrogens with zero attached hydrogens (tertiary/aromatic N) is 7. The highest BCUT2D eigenvalue weighted by Crippen LogP contribution is 2.29. The zero-order valence-corrected chi connectivity index (χ0v) is 18.7. The van der Waals surface area contributed by atoms with Crippen molar-refractivity contribution in [2.75, 3.05) is 43.6 Å². The van der Waals surface area contributed by atoms with Crippen LogP contribution < -0.4 is 10.2 Å². The SMILES string of the molecule is CCN(C)c1nc(Nc2ccncn2)c2c(n1)c(COCC(F)(F)F)nn2CCOCC(F)(F)F. The lowest BCUT2D eigenvalue weighted by molar-refractivity contribution is -0.177. The van der Waals surface area contributed by atoms with Crippen molar-refractivity contribution >= 4 is 28.6 Å². The van der Waals surface area contributed by atoms with Crippen molar-refractivity contribution in [1.82, 2.24) is 29.7 Å². The number of aromatic nitrogens is 6. The van der Waals surface area contributed by atoms with Gasteiger partial charge in [-0.25, -0.2) is 15.0 Å². The minimum absolute atomic E-state index is 0.0546. The lowest BCUT2D eigenvalue weighted by atomic mass is 10.3. The van der Waals surface area contributed by atoms with E-state index in [-0.39, 0.29) is 41.6 Å². The van der Waals surface area contributed by atoms with E-state index < -0.39 is 32.2 Å². The predicted molar refractivity (Wildman–Crippen MR) is 112 cm³/mol. The van der Waals surface area contributed by atoms with E-state index in [1.165, 1.54) is 17.2 Å². The number of alkyl halides is 6. The van der Waals surface area contributed by atoms with Crippen molar-refractivity contribution in [3.63, 3.8) is 0 Å². The van der Waals surface area contributed by atoms with Crippen LogP contribution >= 0.6 is 0 Å². The van der Waals surface area contributed by atoms with Crippen LogP contribution in [0.2, 0.25) is 0 Å². The minimum atomic E-state index is -4.55. The van der Waals surface area contributed by atoms with Gasteiger partial charge >= 0.3 is 12.4 Å². The molecule has 3 aromatic heterocycles. The van der Waals surface area contributed by atoms with Gasteiger partial charge in [-0.3, -0.25) is 4.68 Å². The molecule has 3 rings (SSSR count). The average Bonchev–Trinajstić information content (AvgIpc) is 3.13. The van der Waals surface area contributed by atoms with Gasteiger partial charge in [0.25, 0.3) is 0 Å². The summed E-state index contributed by atoms with van der Waals surface area (Å²) in [6.07, 6.45) is -6.29. The van der Waals surface area contributed by atoms with Crippen LogP contribution in [0.3, 0.4) is 0 Å². The fourth-order valence-electron chi connectivity index (χ4n) is 2.88. The summed E-state index contributed by atoms with van der Waals surface area (Å²) in [6.45, 7) is -1.67.